The molecule has 1 heterocycles. The highest BCUT2D eigenvalue weighted by Crippen LogP contribution is 2.80. The third-order valence-electron chi connectivity index (χ3n) is 13.1. The average molecular weight is 618 g/mol. The predicted octanol–water partition coefficient (Wildman–Crippen LogP) is 1.12. The zero-order valence-electron chi connectivity index (χ0n) is 26.5. The summed E-state index contributed by atoms with van der Waals surface area (Å²) in [5, 5.41) is 37.7. The molecule has 1 aromatic carbocycles. The summed E-state index contributed by atoms with van der Waals surface area (Å²) in [6.45, 7) is 3.73. The molecular weight excluding hydrogens is 570 g/mol. The smallest absolute Gasteiger partial charge is 0.338 e. The van der Waals surface area contributed by atoms with Crippen LogP contribution in [0.25, 0.3) is 0 Å². The molecular formula is C33H47NO10. The van der Waals surface area contributed by atoms with Crippen LogP contribution in [0, 0.1) is 34.5 Å². The number of aliphatic hydroxyl groups excluding tert-OH is 1. The summed E-state index contributed by atoms with van der Waals surface area (Å²) in [7, 11) is 8.13. The Balaban J connectivity index is 1.42. The number of carbonyl (C=O) groups excluding carboxylic acids is 1. The number of ether oxygens (including phenoxy) is 6. The first-order chi connectivity index (χ1) is 21.1. The van der Waals surface area contributed by atoms with Crippen molar-refractivity contribution in [1.82, 2.24) is 4.90 Å². The minimum atomic E-state index is -1.54. The molecule has 7 rings (SSSR count). The van der Waals surface area contributed by atoms with Gasteiger partial charge in [-0.2, -0.15) is 0 Å². The van der Waals surface area contributed by atoms with Gasteiger partial charge < -0.3 is 43.7 Å². The maximum atomic E-state index is 13.7. The van der Waals surface area contributed by atoms with E-state index >= 15 is 0 Å². The van der Waals surface area contributed by atoms with Gasteiger partial charge in [-0.1, -0.05) is 6.92 Å². The number of methoxy groups -OCH3 is 5. The van der Waals surface area contributed by atoms with Crippen molar-refractivity contribution < 1.29 is 48.5 Å². The number of fused-ring (bicyclic) bond motifs is 2. The predicted molar refractivity (Wildman–Crippen MR) is 156 cm³/mol. The van der Waals surface area contributed by atoms with Crippen molar-refractivity contribution in [3.8, 4) is 5.75 Å². The molecule has 3 N–H and O–H groups in total. The average Bonchev–Trinajstić information content (AvgIpc) is 3.41. The van der Waals surface area contributed by atoms with Gasteiger partial charge in [0.2, 0.25) is 0 Å². The maximum Gasteiger partial charge on any atom is 0.338 e. The molecule has 6 aliphatic rings. The lowest BCUT2D eigenvalue weighted by Crippen LogP contribution is -2.79. The summed E-state index contributed by atoms with van der Waals surface area (Å²) < 4.78 is 36.2. The first kappa shape index (κ1) is 30.8. The third kappa shape index (κ3) is 3.48. The minimum absolute atomic E-state index is 0.146. The molecule has 0 aromatic heterocycles. The number of rotatable bonds is 9. The maximum absolute atomic E-state index is 13.7. The quantitative estimate of drug-likeness (QED) is 0.344. The first-order valence-electron chi connectivity index (χ1n) is 15.9. The van der Waals surface area contributed by atoms with Crippen LogP contribution in [0.3, 0.4) is 0 Å². The number of piperidine rings is 1. The molecule has 6 fully saturated rings. The third-order valence-corrected chi connectivity index (χ3v) is 13.1. The lowest BCUT2D eigenvalue weighted by atomic mass is 9.42. The van der Waals surface area contributed by atoms with Crippen LogP contribution in [-0.4, -0.2) is 129 Å². The number of nitrogens with zero attached hydrogens (tertiary/aromatic N) is 1. The van der Waals surface area contributed by atoms with Crippen LogP contribution in [0.2, 0.25) is 0 Å². The molecule has 1 saturated heterocycles. The van der Waals surface area contributed by atoms with E-state index in [1.807, 2.05) is 0 Å². The van der Waals surface area contributed by atoms with Crippen LogP contribution in [0.15, 0.2) is 24.3 Å². The molecule has 11 heteroatoms. The Morgan fingerprint density at radius 3 is 2.25 bits per heavy atom. The van der Waals surface area contributed by atoms with E-state index in [0.29, 0.717) is 37.4 Å². The normalized spacial score (nSPS) is 50.0. The van der Waals surface area contributed by atoms with Gasteiger partial charge in [-0.15, -0.1) is 0 Å². The second kappa shape index (κ2) is 10.3. The van der Waals surface area contributed by atoms with E-state index < -0.39 is 64.3 Å². The fourth-order valence-corrected chi connectivity index (χ4v) is 12.0. The number of carbonyl (C=O) groups is 1. The zero-order chi connectivity index (χ0) is 31.4. The van der Waals surface area contributed by atoms with E-state index in [0.717, 1.165) is 0 Å². The van der Waals surface area contributed by atoms with E-state index in [9.17, 15) is 20.1 Å². The molecule has 5 saturated carbocycles. The highest BCUT2D eigenvalue weighted by molar-refractivity contribution is 5.89. The largest absolute Gasteiger partial charge is 0.497 e. The topological polar surface area (TPSA) is 136 Å². The molecule has 1 aromatic rings. The van der Waals surface area contributed by atoms with Crippen LogP contribution in [-0.2, 0) is 23.7 Å². The van der Waals surface area contributed by atoms with E-state index in [-0.39, 0.29) is 36.8 Å². The molecule has 3 unspecified atom stereocenters. The Morgan fingerprint density at radius 1 is 0.955 bits per heavy atom. The standard InChI is InChI=1S/C33H47NO10/c1-7-34-15-30(16-39-2)20(35)12-21(41-4)33-19-13-31(37)22(42-5)14-32(38,24(27(33)34)25(43-6)26(30)33)23(19)28(31)44-29(36)17-8-10-18(40-3)11-9-17/h8-11,19-28,35,37-38H,7,12-16H2,1-6H3/t19-,20-,21+,22+,23-,24?,25+,26-,27?,28+,30+,31+,32-,33?/m1/s1. The zero-order valence-corrected chi connectivity index (χ0v) is 26.5. The van der Waals surface area contributed by atoms with Gasteiger partial charge >= 0.3 is 5.97 Å². The molecule has 244 valence electrons. The summed E-state index contributed by atoms with van der Waals surface area (Å²) in [6, 6.07) is 6.50. The number of benzene rings is 1. The van der Waals surface area contributed by atoms with Crippen molar-refractivity contribution in [2.45, 2.75) is 73.9 Å². The number of aliphatic hydroxyl groups is 3. The molecule has 0 amide bonds. The Morgan fingerprint density at radius 2 is 1.66 bits per heavy atom. The van der Waals surface area contributed by atoms with Gasteiger partial charge in [-0.3, -0.25) is 4.90 Å². The number of esters is 1. The van der Waals surface area contributed by atoms with Gasteiger partial charge in [-0.25, -0.2) is 4.79 Å². The van der Waals surface area contributed by atoms with Gasteiger partial charge in [0, 0.05) is 82.5 Å². The second-order valence-electron chi connectivity index (χ2n) is 14.2. The molecule has 1 spiro atoms. The number of likely N-dealkylation sites (tertiary alicyclic amines) is 1. The fraction of sp³-hybridized carbons (Fsp3) is 0.788. The van der Waals surface area contributed by atoms with E-state index in [1.165, 1.54) is 7.11 Å². The molecule has 11 nitrogen and oxygen atoms in total. The monoisotopic (exact) mass is 617 g/mol. The van der Waals surface area contributed by atoms with Crippen LogP contribution >= 0.6 is 0 Å². The van der Waals surface area contributed by atoms with Crippen LogP contribution in [0.1, 0.15) is 36.5 Å². The molecule has 0 radical (unpaired) electrons. The summed E-state index contributed by atoms with van der Waals surface area (Å²) in [6.07, 6.45) is -2.51. The molecule has 1 aliphatic heterocycles. The highest BCUT2D eigenvalue weighted by Gasteiger charge is 2.89. The van der Waals surface area contributed by atoms with E-state index in [4.69, 9.17) is 28.4 Å². The summed E-state index contributed by atoms with van der Waals surface area (Å²) in [4.78, 5) is 16.1. The van der Waals surface area contributed by atoms with Crippen molar-refractivity contribution in [3.05, 3.63) is 29.8 Å². The fourth-order valence-electron chi connectivity index (χ4n) is 12.0. The van der Waals surface area contributed by atoms with Crippen LogP contribution in [0.5, 0.6) is 5.75 Å². The number of hydrogen-bond donors (Lipinski definition) is 3. The van der Waals surface area contributed by atoms with Gasteiger partial charge in [0.1, 0.15) is 17.5 Å². The second-order valence-corrected chi connectivity index (χ2v) is 14.2. The van der Waals surface area contributed by atoms with Crippen molar-refractivity contribution in [2.24, 2.45) is 34.5 Å². The van der Waals surface area contributed by atoms with Crippen molar-refractivity contribution in [2.75, 3.05) is 55.2 Å². The SMILES string of the molecule is CCN1C[C@]2(COC)[C@H](O)C[C@H](OC)C34C1C([C@H](OC)[C@@H]32)[C@@]1(O)C[C@H](OC)[C@@]2(O)C[C@@H]4[C@@H]1[C@@H]2OC(=O)c1ccc(OC)cc1. The molecule has 14 atom stereocenters. The van der Waals surface area contributed by atoms with Crippen molar-refractivity contribution in [3.63, 3.8) is 0 Å². The number of hydrogen-bond acceptors (Lipinski definition) is 11. The highest BCUT2D eigenvalue weighted by atomic mass is 16.6. The van der Waals surface area contributed by atoms with E-state index in [2.05, 4.69) is 11.8 Å². The molecule has 7 bridgehead atoms. The summed E-state index contributed by atoms with van der Waals surface area (Å²) in [5.74, 6) is -1.54. The van der Waals surface area contributed by atoms with Crippen molar-refractivity contribution >= 4 is 5.97 Å². The Labute approximate surface area is 258 Å². The molecule has 44 heavy (non-hydrogen) atoms. The van der Waals surface area contributed by atoms with Gasteiger partial charge in [-0.05, 0) is 43.1 Å². The lowest BCUT2D eigenvalue weighted by Gasteiger charge is -2.70. The minimum Gasteiger partial charge on any atom is -0.497 e. The van der Waals surface area contributed by atoms with Gasteiger partial charge in [0.25, 0.3) is 0 Å². The van der Waals surface area contributed by atoms with Crippen molar-refractivity contribution in [1.29, 1.82) is 0 Å². The van der Waals surface area contributed by atoms with Gasteiger partial charge in [0.05, 0.1) is 49.3 Å². The first-order valence-corrected chi connectivity index (χ1v) is 15.9. The summed E-state index contributed by atoms with van der Waals surface area (Å²) >= 11 is 0. The lowest BCUT2D eigenvalue weighted by molar-refractivity contribution is -0.298. The molecule has 5 aliphatic carbocycles. The van der Waals surface area contributed by atoms with Crippen LogP contribution < -0.4 is 4.74 Å². The van der Waals surface area contributed by atoms with Gasteiger partial charge in [0.15, 0.2) is 0 Å². The Bertz CT molecular complexity index is 1280. The van der Waals surface area contributed by atoms with Crippen LogP contribution in [0.4, 0.5) is 0 Å². The Kier molecular flexibility index (Phi) is 7.24. The Hall–Kier alpha value is -1.83. The summed E-state index contributed by atoms with van der Waals surface area (Å²) in [5.41, 5.74) is -3.92. The van der Waals surface area contributed by atoms with E-state index in [1.54, 1.807) is 52.7 Å².